The number of fused-ring (bicyclic) bond motifs is 1. The molecule has 0 bridgehead atoms. The smallest absolute Gasteiger partial charge is 0.153 e. The van der Waals surface area contributed by atoms with Gasteiger partial charge in [-0.2, -0.15) is 0 Å². The van der Waals surface area contributed by atoms with Crippen LogP contribution >= 0.6 is 11.3 Å². The summed E-state index contributed by atoms with van der Waals surface area (Å²) in [5.41, 5.74) is 1.87. The number of benzene rings is 1. The number of thiazole rings is 1. The van der Waals surface area contributed by atoms with E-state index in [1.54, 1.807) is 0 Å². The zero-order chi connectivity index (χ0) is 8.72. The van der Waals surface area contributed by atoms with Crippen LogP contribution in [-0.4, -0.2) is 4.98 Å². The highest BCUT2D eigenvalue weighted by molar-refractivity contribution is 7.16. The van der Waals surface area contributed by atoms with Gasteiger partial charge in [0.1, 0.15) is 11.3 Å². The van der Waals surface area contributed by atoms with Crippen LogP contribution in [0.4, 0.5) is 8.78 Å². The van der Waals surface area contributed by atoms with Crippen molar-refractivity contribution >= 4 is 21.6 Å². The summed E-state index contributed by atoms with van der Waals surface area (Å²) in [7, 11) is 0. The molecule has 0 N–H and O–H groups in total. The first-order valence-electron chi connectivity index (χ1n) is 3.38. The maximum Gasteiger partial charge on any atom is 0.153 e. The highest BCUT2D eigenvalue weighted by Gasteiger charge is 2.11. The monoisotopic (exact) mass is 185 g/mol. The van der Waals surface area contributed by atoms with Crippen molar-refractivity contribution in [2.45, 2.75) is 6.92 Å². The molecule has 0 spiro atoms. The van der Waals surface area contributed by atoms with E-state index in [2.05, 4.69) is 4.98 Å². The molecule has 62 valence electrons. The molecule has 1 aromatic heterocycles. The second-order valence-electron chi connectivity index (χ2n) is 2.52. The summed E-state index contributed by atoms with van der Waals surface area (Å²) in [5.74, 6) is -0.820. The molecule has 2 rings (SSSR count). The Morgan fingerprint density at radius 3 is 2.92 bits per heavy atom. The molecule has 0 aliphatic heterocycles. The van der Waals surface area contributed by atoms with E-state index in [9.17, 15) is 8.78 Å². The van der Waals surface area contributed by atoms with E-state index in [0.29, 0.717) is 5.56 Å². The number of rotatable bonds is 0. The number of hydrogen-bond acceptors (Lipinski definition) is 2. The minimum absolute atomic E-state index is 0.137. The Morgan fingerprint density at radius 2 is 2.17 bits per heavy atom. The van der Waals surface area contributed by atoms with Gasteiger partial charge in [0.2, 0.25) is 0 Å². The minimum Gasteiger partial charge on any atom is -0.241 e. The van der Waals surface area contributed by atoms with Crippen molar-refractivity contribution < 1.29 is 8.78 Å². The highest BCUT2D eigenvalue weighted by Crippen LogP contribution is 2.25. The van der Waals surface area contributed by atoms with E-state index in [0.717, 1.165) is 11.3 Å². The molecule has 1 heterocycles. The van der Waals surface area contributed by atoms with Gasteiger partial charge in [-0.3, -0.25) is 0 Å². The van der Waals surface area contributed by atoms with Gasteiger partial charge in [0.25, 0.3) is 0 Å². The molecular weight excluding hydrogens is 180 g/mol. The van der Waals surface area contributed by atoms with Gasteiger partial charge >= 0.3 is 0 Å². The summed E-state index contributed by atoms with van der Waals surface area (Å²) in [6.07, 6.45) is 0. The van der Waals surface area contributed by atoms with Gasteiger partial charge in [-0.25, -0.2) is 13.8 Å². The maximum atomic E-state index is 13.2. The average molecular weight is 185 g/mol. The number of hydrogen-bond donors (Lipinski definition) is 0. The Kier molecular flexibility index (Phi) is 1.58. The third-order valence-corrected chi connectivity index (χ3v) is 2.52. The van der Waals surface area contributed by atoms with Gasteiger partial charge < -0.3 is 0 Å². The van der Waals surface area contributed by atoms with Crippen molar-refractivity contribution in [3.8, 4) is 0 Å². The molecule has 0 aliphatic carbocycles. The van der Waals surface area contributed by atoms with Crippen LogP contribution in [0.5, 0.6) is 0 Å². The van der Waals surface area contributed by atoms with Crippen LogP contribution in [-0.2, 0) is 0 Å². The predicted octanol–water partition coefficient (Wildman–Crippen LogP) is 2.88. The average Bonchev–Trinajstić information content (AvgIpc) is 2.48. The van der Waals surface area contributed by atoms with Crippen LogP contribution in [0.3, 0.4) is 0 Å². The standard InChI is InChI=1S/C8H5F2NS/c1-4-2-5(9)8-7(6(4)10)11-3-12-8/h2-3H,1H3. The summed E-state index contributed by atoms with van der Waals surface area (Å²) in [6, 6.07) is 1.19. The van der Waals surface area contributed by atoms with Gasteiger partial charge in [0.15, 0.2) is 5.82 Å². The third kappa shape index (κ3) is 0.914. The molecule has 2 aromatic rings. The minimum atomic E-state index is -0.423. The maximum absolute atomic E-state index is 13.2. The molecular formula is C8H5F2NS. The molecule has 0 fully saturated rings. The lowest BCUT2D eigenvalue weighted by Crippen LogP contribution is -1.86. The Labute approximate surface area is 71.7 Å². The van der Waals surface area contributed by atoms with Crippen molar-refractivity contribution in [1.29, 1.82) is 0 Å². The second-order valence-corrected chi connectivity index (χ2v) is 3.37. The van der Waals surface area contributed by atoms with Crippen LogP contribution in [0.15, 0.2) is 11.6 Å². The first kappa shape index (κ1) is 7.61. The molecule has 0 amide bonds. The van der Waals surface area contributed by atoms with Gasteiger partial charge in [-0.1, -0.05) is 0 Å². The second kappa shape index (κ2) is 2.48. The summed E-state index contributed by atoms with van der Waals surface area (Å²) >= 11 is 1.11. The van der Waals surface area contributed by atoms with E-state index in [-0.39, 0.29) is 10.2 Å². The zero-order valence-electron chi connectivity index (χ0n) is 6.27. The van der Waals surface area contributed by atoms with Crippen LogP contribution in [0.1, 0.15) is 5.56 Å². The summed E-state index contributed by atoms with van der Waals surface area (Å²) in [4.78, 5) is 3.74. The number of nitrogens with zero attached hydrogens (tertiary/aromatic N) is 1. The van der Waals surface area contributed by atoms with Crippen LogP contribution < -0.4 is 0 Å². The molecule has 1 aromatic carbocycles. The van der Waals surface area contributed by atoms with Crippen LogP contribution in [0.25, 0.3) is 10.2 Å². The molecule has 0 radical (unpaired) electrons. The van der Waals surface area contributed by atoms with E-state index in [1.165, 1.54) is 18.5 Å². The van der Waals surface area contributed by atoms with Crippen molar-refractivity contribution in [1.82, 2.24) is 4.98 Å². The lowest BCUT2D eigenvalue weighted by Gasteiger charge is -1.96. The van der Waals surface area contributed by atoms with Crippen LogP contribution in [0.2, 0.25) is 0 Å². The molecule has 1 nitrogen and oxygen atoms in total. The normalized spacial score (nSPS) is 10.9. The summed E-state index contributed by atoms with van der Waals surface area (Å²) in [5, 5.41) is 0. The molecule has 0 unspecified atom stereocenters. The van der Waals surface area contributed by atoms with Crippen molar-refractivity contribution in [2.24, 2.45) is 0 Å². The lowest BCUT2D eigenvalue weighted by atomic mass is 10.2. The Balaban J connectivity index is 2.97. The van der Waals surface area contributed by atoms with Crippen molar-refractivity contribution in [3.63, 3.8) is 0 Å². The molecule has 0 saturated heterocycles. The van der Waals surface area contributed by atoms with Crippen molar-refractivity contribution in [3.05, 3.63) is 28.8 Å². The first-order valence-corrected chi connectivity index (χ1v) is 4.26. The largest absolute Gasteiger partial charge is 0.241 e. The quantitative estimate of drug-likeness (QED) is 0.615. The van der Waals surface area contributed by atoms with E-state index in [4.69, 9.17) is 0 Å². The number of halogens is 2. The zero-order valence-corrected chi connectivity index (χ0v) is 7.08. The van der Waals surface area contributed by atoms with E-state index in [1.807, 2.05) is 0 Å². The molecule has 4 heteroatoms. The summed E-state index contributed by atoms with van der Waals surface area (Å²) < 4.78 is 26.5. The van der Waals surface area contributed by atoms with Gasteiger partial charge in [-0.15, -0.1) is 11.3 Å². The predicted molar refractivity (Wildman–Crippen MR) is 44.3 cm³/mol. The molecule has 12 heavy (non-hydrogen) atoms. The van der Waals surface area contributed by atoms with Gasteiger partial charge in [0, 0.05) is 0 Å². The van der Waals surface area contributed by atoms with Crippen molar-refractivity contribution in [2.75, 3.05) is 0 Å². The van der Waals surface area contributed by atoms with E-state index >= 15 is 0 Å². The molecule has 0 aliphatic rings. The molecule has 0 saturated carbocycles. The fraction of sp³-hybridized carbons (Fsp3) is 0.125. The number of aromatic nitrogens is 1. The fourth-order valence-electron chi connectivity index (χ4n) is 1.08. The lowest BCUT2D eigenvalue weighted by molar-refractivity contribution is 0.609. The third-order valence-electron chi connectivity index (χ3n) is 1.68. The SMILES string of the molecule is Cc1cc(F)c2scnc2c1F. The van der Waals surface area contributed by atoms with Crippen LogP contribution in [0, 0.1) is 18.6 Å². The number of aryl methyl sites for hydroxylation is 1. The topological polar surface area (TPSA) is 12.9 Å². The van der Waals surface area contributed by atoms with Gasteiger partial charge in [0.05, 0.1) is 10.2 Å². The first-order chi connectivity index (χ1) is 5.70. The Morgan fingerprint density at radius 1 is 1.42 bits per heavy atom. The van der Waals surface area contributed by atoms with Gasteiger partial charge in [-0.05, 0) is 18.6 Å². The summed E-state index contributed by atoms with van der Waals surface area (Å²) in [6.45, 7) is 1.52. The fourth-order valence-corrected chi connectivity index (χ4v) is 1.77. The molecule has 0 atom stereocenters. The highest BCUT2D eigenvalue weighted by atomic mass is 32.1. The van der Waals surface area contributed by atoms with E-state index < -0.39 is 11.6 Å². The Bertz CT molecular complexity index is 436. The Hall–Kier alpha value is -1.03.